The zero-order chi connectivity index (χ0) is 16.7. The van der Waals surface area contributed by atoms with E-state index >= 15 is 0 Å². The van der Waals surface area contributed by atoms with E-state index < -0.39 is 22.9 Å². The first-order valence-corrected chi connectivity index (χ1v) is 7.82. The lowest BCUT2D eigenvalue weighted by atomic mass is 10.3. The number of pyridine rings is 1. The number of aromatic hydroxyl groups is 1. The van der Waals surface area contributed by atoms with Crippen LogP contribution in [-0.4, -0.2) is 25.4 Å². The molecule has 0 bridgehead atoms. The van der Waals surface area contributed by atoms with Crippen molar-refractivity contribution in [3.8, 4) is 5.88 Å². The number of fused-ring (bicyclic) bond motifs is 3. The van der Waals surface area contributed by atoms with Gasteiger partial charge in [-0.05, 0) is 24.3 Å². The van der Waals surface area contributed by atoms with Gasteiger partial charge in [-0.25, -0.2) is 4.98 Å². The summed E-state index contributed by atoms with van der Waals surface area (Å²) in [5, 5.41) is 12.5. The molecule has 1 amide bonds. The number of thiazole rings is 1. The van der Waals surface area contributed by atoms with Gasteiger partial charge in [0, 0.05) is 6.20 Å². The second kappa shape index (κ2) is 5.43. The Hall–Kier alpha value is -3.26. The molecule has 0 unspecified atom stereocenters. The summed E-state index contributed by atoms with van der Waals surface area (Å²) < 4.78 is 2.16. The predicted octanol–water partition coefficient (Wildman–Crippen LogP) is 2.26. The summed E-state index contributed by atoms with van der Waals surface area (Å²) in [5.74, 6) is -1.07. The molecular formula is C16H10N4O3S. The van der Waals surface area contributed by atoms with Crippen molar-refractivity contribution in [3.05, 3.63) is 64.6 Å². The zero-order valence-corrected chi connectivity index (χ0v) is 12.9. The van der Waals surface area contributed by atoms with Gasteiger partial charge in [0.05, 0.1) is 10.2 Å². The van der Waals surface area contributed by atoms with Crippen LogP contribution in [0.2, 0.25) is 0 Å². The van der Waals surface area contributed by atoms with Crippen molar-refractivity contribution < 1.29 is 9.90 Å². The molecule has 0 fully saturated rings. The number of benzene rings is 1. The van der Waals surface area contributed by atoms with E-state index in [1.54, 1.807) is 30.3 Å². The van der Waals surface area contributed by atoms with Crippen LogP contribution in [0, 0.1) is 0 Å². The fourth-order valence-electron chi connectivity index (χ4n) is 2.41. The molecule has 4 rings (SSSR count). The van der Waals surface area contributed by atoms with E-state index in [0.717, 1.165) is 4.70 Å². The number of anilines is 1. The quantitative estimate of drug-likeness (QED) is 0.584. The number of hydrogen-bond donors (Lipinski definition) is 2. The van der Waals surface area contributed by atoms with Gasteiger partial charge in [0.1, 0.15) is 5.82 Å². The van der Waals surface area contributed by atoms with Gasteiger partial charge in [-0.1, -0.05) is 29.5 Å². The molecule has 118 valence electrons. The van der Waals surface area contributed by atoms with Crippen molar-refractivity contribution in [2.45, 2.75) is 0 Å². The Bertz CT molecular complexity index is 1130. The maximum Gasteiger partial charge on any atom is 0.275 e. The fourth-order valence-corrected chi connectivity index (χ4v) is 3.42. The van der Waals surface area contributed by atoms with Gasteiger partial charge in [0.25, 0.3) is 11.5 Å². The molecule has 8 heteroatoms. The standard InChI is InChI=1S/C16H10N4O3S/c21-13(18-11-7-3-4-8-17-11)12-14(22)19-16-20(15(12)23)9-5-1-2-6-10(9)24-16/h1-8,22H,(H,17,18,21). The average Bonchev–Trinajstić information content (AvgIpc) is 2.93. The van der Waals surface area contributed by atoms with E-state index in [4.69, 9.17) is 0 Å². The van der Waals surface area contributed by atoms with Crippen LogP contribution in [0.1, 0.15) is 10.4 Å². The Morgan fingerprint density at radius 1 is 1.17 bits per heavy atom. The highest BCUT2D eigenvalue weighted by Gasteiger charge is 2.22. The lowest BCUT2D eigenvalue weighted by Gasteiger charge is -2.05. The van der Waals surface area contributed by atoms with Crippen LogP contribution in [0.5, 0.6) is 5.88 Å². The van der Waals surface area contributed by atoms with Crippen LogP contribution in [-0.2, 0) is 0 Å². The van der Waals surface area contributed by atoms with Gasteiger partial charge in [-0.2, -0.15) is 4.98 Å². The largest absolute Gasteiger partial charge is 0.492 e. The van der Waals surface area contributed by atoms with Crippen molar-refractivity contribution in [3.63, 3.8) is 0 Å². The van der Waals surface area contributed by atoms with Crippen molar-refractivity contribution in [2.24, 2.45) is 0 Å². The highest BCUT2D eigenvalue weighted by molar-refractivity contribution is 7.23. The molecule has 0 spiro atoms. The van der Waals surface area contributed by atoms with Crippen LogP contribution in [0.15, 0.2) is 53.5 Å². The van der Waals surface area contributed by atoms with E-state index in [0.29, 0.717) is 10.5 Å². The van der Waals surface area contributed by atoms with Crippen molar-refractivity contribution in [1.29, 1.82) is 0 Å². The van der Waals surface area contributed by atoms with E-state index in [9.17, 15) is 14.7 Å². The minimum absolute atomic E-state index is 0.279. The van der Waals surface area contributed by atoms with E-state index in [1.165, 1.54) is 21.9 Å². The Labute approximate surface area is 138 Å². The van der Waals surface area contributed by atoms with Crippen molar-refractivity contribution >= 4 is 38.2 Å². The fraction of sp³-hybridized carbons (Fsp3) is 0. The first-order chi connectivity index (χ1) is 11.6. The average molecular weight is 338 g/mol. The maximum atomic E-state index is 12.7. The van der Waals surface area contributed by atoms with Gasteiger partial charge in [0.2, 0.25) is 10.8 Å². The molecule has 0 atom stereocenters. The second-order valence-electron chi connectivity index (χ2n) is 4.97. The molecule has 3 aromatic heterocycles. The van der Waals surface area contributed by atoms with Crippen LogP contribution in [0.3, 0.4) is 0 Å². The van der Waals surface area contributed by atoms with Crippen LogP contribution in [0.25, 0.3) is 15.2 Å². The summed E-state index contributed by atoms with van der Waals surface area (Å²) in [5.41, 5.74) is -0.396. The highest BCUT2D eigenvalue weighted by atomic mass is 32.1. The molecule has 7 nitrogen and oxygen atoms in total. The highest BCUT2D eigenvalue weighted by Crippen LogP contribution is 2.25. The number of hydrogen-bond acceptors (Lipinski definition) is 6. The third kappa shape index (κ3) is 2.20. The van der Waals surface area contributed by atoms with Crippen molar-refractivity contribution in [1.82, 2.24) is 14.4 Å². The molecule has 3 heterocycles. The first-order valence-electron chi connectivity index (χ1n) is 7.01. The van der Waals surface area contributed by atoms with Gasteiger partial charge in [0.15, 0.2) is 5.56 Å². The Kier molecular flexibility index (Phi) is 3.24. The number of nitrogens with zero attached hydrogens (tertiary/aromatic N) is 3. The molecule has 1 aromatic carbocycles. The maximum absolute atomic E-state index is 12.7. The molecule has 0 saturated carbocycles. The van der Waals surface area contributed by atoms with Gasteiger partial charge < -0.3 is 10.4 Å². The second-order valence-corrected chi connectivity index (χ2v) is 5.98. The summed E-state index contributed by atoms with van der Waals surface area (Å²) in [6.45, 7) is 0. The van der Waals surface area contributed by atoms with E-state index in [2.05, 4.69) is 15.3 Å². The van der Waals surface area contributed by atoms with Crippen LogP contribution >= 0.6 is 11.3 Å². The number of amides is 1. The molecule has 0 radical (unpaired) electrons. The van der Waals surface area contributed by atoms with Crippen molar-refractivity contribution in [2.75, 3.05) is 5.32 Å². The summed E-state index contributed by atoms with van der Waals surface area (Å²) in [4.78, 5) is 33.4. The predicted molar refractivity (Wildman–Crippen MR) is 90.7 cm³/mol. The minimum Gasteiger partial charge on any atom is -0.492 e. The summed E-state index contributed by atoms with van der Waals surface area (Å²) >= 11 is 1.26. The van der Waals surface area contributed by atoms with Gasteiger partial charge >= 0.3 is 0 Å². The van der Waals surface area contributed by atoms with Gasteiger partial charge in [-0.15, -0.1) is 0 Å². The van der Waals surface area contributed by atoms with Gasteiger partial charge in [-0.3, -0.25) is 14.0 Å². The SMILES string of the molecule is O=C(Nc1ccccn1)c1c(O)nc2sc3ccccc3n2c1=O. The smallest absolute Gasteiger partial charge is 0.275 e. The van der Waals surface area contributed by atoms with Crippen LogP contribution < -0.4 is 10.9 Å². The number of rotatable bonds is 2. The molecule has 0 saturated heterocycles. The molecule has 4 aromatic rings. The normalized spacial score (nSPS) is 11.0. The summed E-state index contributed by atoms with van der Waals surface area (Å²) in [6, 6.07) is 12.2. The third-order valence-corrected chi connectivity index (χ3v) is 4.50. The topological polar surface area (TPSA) is 96.6 Å². The lowest BCUT2D eigenvalue weighted by Crippen LogP contribution is -2.26. The Balaban J connectivity index is 1.90. The van der Waals surface area contributed by atoms with E-state index in [1.807, 2.05) is 12.1 Å². The monoisotopic (exact) mass is 338 g/mol. The number of para-hydroxylation sites is 1. The zero-order valence-electron chi connectivity index (χ0n) is 12.1. The molecule has 0 aliphatic carbocycles. The summed E-state index contributed by atoms with van der Waals surface area (Å²) in [7, 11) is 0. The summed E-state index contributed by atoms with van der Waals surface area (Å²) in [6.07, 6.45) is 1.51. The van der Waals surface area contributed by atoms with E-state index in [-0.39, 0.29) is 5.82 Å². The first kappa shape index (κ1) is 14.3. The molecule has 24 heavy (non-hydrogen) atoms. The molecule has 0 aliphatic heterocycles. The number of carbonyl (C=O) groups excluding carboxylic acids is 1. The number of nitrogens with one attached hydrogen (secondary N) is 1. The Morgan fingerprint density at radius 3 is 2.75 bits per heavy atom. The third-order valence-electron chi connectivity index (χ3n) is 3.47. The molecular weight excluding hydrogens is 328 g/mol. The van der Waals surface area contributed by atoms with Crippen LogP contribution in [0.4, 0.5) is 5.82 Å². The molecule has 2 N–H and O–H groups in total. The Morgan fingerprint density at radius 2 is 1.96 bits per heavy atom. The number of aromatic nitrogens is 3. The lowest BCUT2D eigenvalue weighted by molar-refractivity contribution is 0.102. The minimum atomic E-state index is -0.756. The molecule has 0 aliphatic rings. The number of carbonyl (C=O) groups is 1.